The van der Waals surface area contributed by atoms with Crippen LogP contribution < -0.4 is 5.32 Å². The predicted molar refractivity (Wildman–Crippen MR) is 88.8 cm³/mol. The molecule has 1 aliphatic heterocycles. The molecule has 0 saturated carbocycles. The summed E-state index contributed by atoms with van der Waals surface area (Å²) in [5, 5.41) is 3.46. The summed E-state index contributed by atoms with van der Waals surface area (Å²) in [6.45, 7) is 12.8. The van der Waals surface area contributed by atoms with Crippen LogP contribution in [0, 0.1) is 0 Å². The van der Waals surface area contributed by atoms with Gasteiger partial charge in [-0.2, -0.15) is 0 Å². The van der Waals surface area contributed by atoms with E-state index in [0.29, 0.717) is 12.1 Å². The van der Waals surface area contributed by atoms with E-state index in [9.17, 15) is 0 Å². The highest BCUT2D eigenvalue weighted by atomic mass is 16.5. The van der Waals surface area contributed by atoms with Crippen LogP contribution in [0.5, 0.6) is 0 Å². The van der Waals surface area contributed by atoms with Crippen molar-refractivity contribution >= 4 is 0 Å². The molecular formula is C18H30N2O. The molecule has 2 atom stereocenters. The van der Waals surface area contributed by atoms with Crippen LogP contribution in [0.25, 0.3) is 0 Å². The third-order valence-corrected chi connectivity index (χ3v) is 4.45. The van der Waals surface area contributed by atoms with Crippen LogP contribution in [0.1, 0.15) is 44.9 Å². The second-order valence-corrected chi connectivity index (χ2v) is 7.13. The quantitative estimate of drug-likeness (QED) is 0.922. The molecule has 0 bridgehead atoms. The summed E-state index contributed by atoms with van der Waals surface area (Å²) < 4.78 is 5.52. The second-order valence-electron chi connectivity index (χ2n) is 7.13. The van der Waals surface area contributed by atoms with Gasteiger partial charge in [-0.3, -0.25) is 4.90 Å². The Balaban J connectivity index is 2.06. The number of morpholine rings is 1. The number of ether oxygens (including phenoxy) is 1. The van der Waals surface area contributed by atoms with Crippen molar-refractivity contribution < 1.29 is 4.74 Å². The van der Waals surface area contributed by atoms with E-state index in [1.807, 2.05) is 7.05 Å². The molecule has 1 aromatic carbocycles. The first-order valence-electron chi connectivity index (χ1n) is 8.01. The number of hydrogen-bond acceptors (Lipinski definition) is 3. The zero-order valence-corrected chi connectivity index (χ0v) is 14.1. The highest BCUT2D eigenvalue weighted by Gasteiger charge is 2.22. The van der Waals surface area contributed by atoms with E-state index in [-0.39, 0.29) is 5.41 Å². The first kappa shape index (κ1) is 16.5. The summed E-state index contributed by atoms with van der Waals surface area (Å²) in [7, 11) is 2.05. The van der Waals surface area contributed by atoms with Crippen LogP contribution >= 0.6 is 0 Å². The molecule has 118 valence electrons. The van der Waals surface area contributed by atoms with E-state index in [0.717, 1.165) is 26.3 Å². The minimum absolute atomic E-state index is 0.215. The molecule has 0 aromatic heterocycles. The summed E-state index contributed by atoms with van der Waals surface area (Å²) in [6, 6.07) is 9.95. The summed E-state index contributed by atoms with van der Waals surface area (Å²) in [6.07, 6.45) is 0. The molecule has 0 aliphatic carbocycles. The van der Waals surface area contributed by atoms with E-state index < -0.39 is 0 Å². The molecule has 3 nitrogen and oxygen atoms in total. The lowest BCUT2D eigenvalue weighted by Crippen LogP contribution is -2.46. The first-order valence-corrected chi connectivity index (χ1v) is 8.01. The van der Waals surface area contributed by atoms with Crippen molar-refractivity contribution in [3.8, 4) is 0 Å². The number of likely N-dealkylation sites (N-methyl/N-ethyl adjacent to an activating group) is 1. The van der Waals surface area contributed by atoms with Crippen molar-refractivity contribution in [2.75, 3.05) is 33.4 Å². The van der Waals surface area contributed by atoms with E-state index in [4.69, 9.17) is 4.74 Å². The molecule has 3 heteroatoms. The normalized spacial score (nSPS) is 22.2. The molecule has 1 aliphatic rings. The van der Waals surface area contributed by atoms with Crippen LogP contribution in [0.15, 0.2) is 24.3 Å². The lowest BCUT2D eigenvalue weighted by atomic mass is 9.86. The lowest BCUT2D eigenvalue weighted by Gasteiger charge is -2.36. The molecule has 2 unspecified atom stereocenters. The number of hydrogen-bond donors (Lipinski definition) is 1. The van der Waals surface area contributed by atoms with Gasteiger partial charge in [0.15, 0.2) is 0 Å². The maximum Gasteiger partial charge on any atom is 0.0619 e. The Hall–Kier alpha value is -0.900. The molecule has 2 rings (SSSR count). The Labute approximate surface area is 129 Å². The Bertz CT molecular complexity index is 436. The molecule has 1 heterocycles. The fourth-order valence-electron chi connectivity index (χ4n) is 2.85. The Morgan fingerprint density at radius 1 is 1.29 bits per heavy atom. The van der Waals surface area contributed by atoms with Gasteiger partial charge in [0.2, 0.25) is 0 Å². The lowest BCUT2D eigenvalue weighted by molar-refractivity contribution is -0.00416. The van der Waals surface area contributed by atoms with Crippen LogP contribution in [-0.4, -0.2) is 44.3 Å². The summed E-state index contributed by atoms with van der Waals surface area (Å²) in [5.74, 6) is 0. The molecule has 0 spiro atoms. The minimum atomic E-state index is 0.215. The molecule has 1 fully saturated rings. The topological polar surface area (TPSA) is 24.5 Å². The molecule has 0 amide bonds. The summed E-state index contributed by atoms with van der Waals surface area (Å²) in [5.41, 5.74) is 2.97. The molecular weight excluding hydrogens is 260 g/mol. The average molecular weight is 290 g/mol. The molecule has 21 heavy (non-hydrogen) atoms. The van der Waals surface area contributed by atoms with Crippen LogP contribution in [0.4, 0.5) is 0 Å². The minimum Gasteiger partial charge on any atom is -0.379 e. The summed E-state index contributed by atoms with van der Waals surface area (Å²) in [4.78, 5) is 2.52. The van der Waals surface area contributed by atoms with Crippen molar-refractivity contribution in [2.24, 2.45) is 0 Å². The van der Waals surface area contributed by atoms with Crippen molar-refractivity contribution in [1.29, 1.82) is 0 Å². The largest absolute Gasteiger partial charge is 0.379 e. The van der Waals surface area contributed by atoms with Crippen molar-refractivity contribution in [3.05, 3.63) is 35.4 Å². The van der Waals surface area contributed by atoms with E-state index in [2.05, 4.69) is 62.2 Å². The fraction of sp³-hybridized carbons (Fsp3) is 0.667. The maximum absolute atomic E-state index is 5.52. The van der Waals surface area contributed by atoms with Gasteiger partial charge in [-0.1, -0.05) is 45.0 Å². The van der Waals surface area contributed by atoms with Gasteiger partial charge in [0.05, 0.1) is 13.2 Å². The highest BCUT2D eigenvalue weighted by Crippen LogP contribution is 2.24. The monoisotopic (exact) mass is 290 g/mol. The Morgan fingerprint density at radius 3 is 2.48 bits per heavy atom. The van der Waals surface area contributed by atoms with Crippen molar-refractivity contribution in [1.82, 2.24) is 10.2 Å². The van der Waals surface area contributed by atoms with Crippen molar-refractivity contribution in [2.45, 2.75) is 45.2 Å². The van der Waals surface area contributed by atoms with Gasteiger partial charge >= 0.3 is 0 Å². The second kappa shape index (κ2) is 6.91. The number of rotatable bonds is 4. The zero-order chi connectivity index (χ0) is 15.5. The highest BCUT2D eigenvalue weighted by molar-refractivity contribution is 5.29. The van der Waals surface area contributed by atoms with Gasteiger partial charge in [-0.05, 0) is 30.5 Å². The van der Waals surface area contributed by atoms with Gasteiger partial charge in [0.25, 0.3) is 0 Å². The average Bonchev–Trinajstić information content (AvgIpc) is 2.46. The maximum atomic E-state index is 5.52. The fourth-order valence-corrected chi connectivity index (χ4v) is 2.85. The van der Waals surface area contributed by atoms with Crippen LogP contribution in [0.3, 0.4) is 0 Å². The summed E-state index contributed by atoms with van der Waals surface area (Å²) >= 11 is 0. The van der Waals surface area contributed by atoms with E-state index >= 15 is 0 Å². The van der Waals surface area contributed by atoms with Gasteiger partial charge in [0.1, 0.15) is 0 Å². The number of nitrogens with zero attached hydrogens (tertiary/aromatic N) is 1. The van der Waals surface area contributed by atoms with Gasteiger partial charge in [-0.15, -0.1) is 0 Å². The van der Waals surface area contributed by atoms with Crippen LogP contribution in [0.2, 0.25) is 0 Å². The zero-order valence-electron chi connectivity index (χ0n) is 14.1. The van der Waals surface area contributed by atoms with E-state index in [1.165, 1.54) is 11.1 Å². The number of benzene rings is 1. The van der Waals surface area contributed by atoms with Gasteiger partial charge in [-0.25, -0.2) is 0 Å². The molecule has 1 N–H and O–H groups in total. The predicted octanol–water partition coefficient (Wildman–Crippen LogP) is 2.97. The van der Waals surface area contributed by atoms with Crippen LogP contribution in [-0.2, 0) is 10.2 Å². The number of nitrogens with one attached hydrogen (secondary N) is 1. The van der Waals surface area contributed by atoms with Gasteiger partial charge in [0, 0.05) is 25.2 Å². The Morgan fingerprint density at radius 2 is 1.95 bits per heavy atom. The first-order chi connectivity index (χ1) is 9.91. The van der Waals surface area contributed by atoms with E-state index in [1.54, 1.807) is 0 Å². The standard InChI is InChI=1S/C18H30N2O/c1-14-13-21-11-10-20(14)12-17(19-5)15-6-8-16(9-7-15)18(2,3)4/h6-9,14,17,19H,10-13H2,1-5H3. The third-order valence-electron chi connectivity index (χ3n) is 4.45. The third kappa shape index (κ3) is 4.29. The smallest absolute Gasteiger partial charge is 0.0619 e. The van der Waals surface area contributed by atoms with Crippen molar-refractivity contribution in [3.63, 3.8) is 0 Å². The molecule has 1 aromatic rings. The van der Waals surface area contributed by atoms with Gasteiger partial charge < -0.3 is 10.1 Å². The Kier molecular flexibility index (Phi) is 5.42. The SMILES string of the molecule is CNC(CN1CCOCC1C)c1ccc(C(C)(C)C)cc1. The molecule has 1 saturated heterocycles. The molecule has 0 radical (unpaired) electrons.